The van der Waals surface area contributed by atoms with E-state index < -0.39 is 0 Å². The number of nitrogens with one attached hydrogen (secondary N) is 1. The van der Waals surface area contributed by atoms with E-state index >= 15 is 0 Å². The Morgan fingerprint density at radius 2 is 2.00 bits per heavy atom. The molecule has 82 valence electrons. The molecular formula is C13H19NO. The van der Waals surface area contributed by atoms with Gasteiger partial charge >= 0.3 is 0 Å². The first-order valence-electron chi connectivity index (χ1n) is 5.55. The predicted octanol–water partition coefficient (Wildman–Crippen LogP) is 2.37. The van der Waals surface area contributed by atoms with Crippen molar-refractivity contribution < 1.29 is 4.74 Å². The number of benzene rings is 1. The smallest absolute Gasteiger partial charge is 0.0949 e. The Bertz CT molecular complexity index is 308. The van der Waals surface area contributed by atoms with Crippen molar-refractivity contribution in [3.63, 3.8) is 0 Å². The van der Waals surface area contributed by atoms with Crippen LogP contribution in [-0.4, -0.2) is 19.7 Å². The topological polar surface area (TPSA) is 21.3 Å². The van der Waals surface area contributed by atoms with E-state index in [1.807, 2.05) is 6.07 Å². The second kappa shape index (κ2) is 4.33. The molecule has 1 unspecified atom stereocenters. The number of hydrogen-bond donors (Lipinski definition) is 1. The fourth-order valence-electron chi connectivity index (χ4n) is 1.86. The van der Waals surface area contributed by atoms with Gasteiger partial charge < -0.3 is 10.1 Å². The molecule has 0 aliphatic carbocycles. The maximum absolute atomic E-state index is 5.94. The summed E-state index contributed by atoms with van der Waals surface area (Å²) in [5.41, 5.74) is 1.51. The highest BCUT2D eigenvalue weighted by Crippen LogP contribution is 2.24. The SMILES string of the molecule is CC1(C)CNCC(c2ccccc2)OC1. The van der Waals surface area contributed by atoms with Crippen LogP contribution in [0.5, 0.6) is 0 Å². The van der Waals surface area contributed by atoms with Crippen molar-refractivity contribution in [2.24, 2.45) is 5.41 Å². The lowest BCUT2D eigenvalue weighted by Crippen LogP contribution is -2.29. The molecule has 1 fully saturated rings. The summed E-state index contributed by atoms with van der Waals surface area (Å²) in [4.78, 5) is 0. The minimum Gasteiger partial charge on any atom is -0.372 e. The molecule has 0 amide bonds. The maximum Gasteiger partial charge on any atom is 0.0949 e. The van der Waals surface area contributed by atoms with E-state index in [0.29, 0.717) is 0 Å². The zero-order valence-electron chi connectivity index (χ0n) is 9.49. The van der Waals surface area contributed by atoms with Gasteiger partial charge in [0.2, 0.25) is 0 Å². The van der Waals surface area contributed by atoms with Gasteiger partial charge in [-0.1, -0.05) is 44.2 Å². The standard InChI is InChI=1S/C13H19NO/c1-13(2)9-14-8-12(15-10-13)11-6-4-3-5-7-11/h3-7,12,14H,8-10H2,1-2H3. The van der Waals surface area contributed by atoms with Gasteiger partial charge in [0.25, 0.3) is 0 Å². The third kappa shape index (κ3) is 2.80. The average molecular weight is 205 g/mol. The van der Waals surface area contributed by atoms with Gasteiger partial charge in [-0.25, -0.2) is 0 Å². The minimum atomic E-state index is 0.202. The van der Waals surface area contributed by atoms with Crippen LogP contribution in [0.3, 0.4) is 0 Å². The van der Waals surface area contributed by atoms with Crippen LogP contribution in [0.2, 0.25) is 0 Å². The quantitative estimate of drug-likeness (QED) is 0.760. The van der Waals surface area contributed by atoms with Gasteiger partial charge in [-0.05, 0) is 5.56 Å². The Morgan fingerprint density at radius 1 is 1.27 bits per heavy atom. The molecule has 1 aliphatic heterocycles. The largest absolute Gasteiger partial charge is 0.372 e. The summed E-state index contributed by atoms with van der Waals surface area (Å²) < 4.78 is 5.94. The summed E-state index contributed by atoms with van der Waals surface area (Å²) in [7, 11) is 0. The molecular weight excluding hydrogens is 186 g/mol. The Morgan fingerprint density at radius 3 is 2.73 bits per heavy atom. The molecule has 2 rings (SSSR count). The average Bonchev–Trinajstić information content (AvgIpc) is 2.41. The highest BCUT2D eigenvalue weighted by molar-refractivity contribution is 5.18. The molecule has 1 atom stereocenters. The van der Waals surface area contributed by atoms with Crippen molar-refractivity contribution in [3.8, 4) is 0 Å². The second-order valence-electron chi connectivity index (χ2n) is 5.01. The number of hydrogen-bond acceptors (Lipinski definition) is 2. The molecule has 0 aromatic heterocycles. The summed E-state index contributed by atoms with van der Waals surface area (Å²) in [6.07, 6.45) is 0.202. The van der Waals surface area contributed by atoms with E-state index in [1.54, 1.807) is 0 Å². The van der Waals surface area contributed by atoms with Crippen LogP contribution >= 0.6 is 0 Å². The molecule has 0 radical (unpaired) electrons. The van der Waals surface area contributed by atoms with Gasteiger partial charge in [-0.3, -0.25) is 0 Å². The van der Waals surface area contributed by atoms with Gasteiger partial charge in [-0.2, -0.15) is 0 Å². The van der Waals surface area contributed by atoms with Crippen molar-refractivity contribution >= 4 is 0 Å². The molecule has 1 aliphatic rings. The van der Waals surface area contributed by atoms with E-state index in [-0.39, 0.29) is 11.5 Å². The van der Waals surface area contributed by atoms with E-state index in [2.05, 4.69) is 43.4 Å². The van der Waals surface area contributed by atoms with Gasteiger partial charge in [0.05, 0.1) is 12.7 Å². The van der Waals surface area contributed by atoms with Crippen molar-refractivity contribution in [2.75, 3.05) is 19.7 Å². The lowest BCUT2D eigenvalue weighted by Gasteiger charge is -2.21. The zero-order chi connectivity index (χ0) is 10.7. The van der Waals surface area contributed by atoms with E-state index in [4.69, 9.17) is 4.74 Å². The third-order valence-corrected chi connectivity index (χ3v) is 2.78. The fraction of sp³-hybridized carbons (Fsp3) is 0.538. The molecule has 1 aromatic carbocycles. The molecule has 0 spiro atoms. The van der Waals surface area contributed by atoms with Crippen molar-refractivity contribution in [1.29, 1.82) is 0 Å². The number of rotatable bonds is 1. The minimum absolute atomic E-state index is 0.202. The van der Waals surface area contributed by atoms with Crippen LogP contribution in [-0.2, 0) is 4.74 Å². The Labute approximate surface area is 91.6 Å². The molecule has 1 heterocycles. The third-order valence-electron chi connectivity index (χ3n) is 2.78. The summed E-state index contributed by atoms with van der Waals surface area (Å²) >= 11 is 0. The fourth-order valence-corrected chi connectivity index (χ4v) is 1.86. The van der Waals surface area contributed by atoms with Gasteiger partial charge in [0, 0.05) is 18.5 Å². The second-order valence-corrected chi connectivity index (χ2v) is 5.01. The maximum atomic E-state index is 5.94. The van der Waals surface area contributed by atoms with Crippen LogP contribution < -0.4 is 5.32 Å². The first-order chi connectivity index (χ1) is 7.17. The Kier molecular flexibility index (Phi) is 3.08. The summed E-state index contributed by atoms with van der Waals surface area (Å²) in [5, 5.41) is 3.46. The molecule has 2 heteroatoms. The predicted molar refractivity (Wildman–Crippen MR) is 61.8 cm³/mol. The molecule has 0 bridgehead atoms. The number of ether oxygens (including phenoxy) is 1. The van der Waals surface area contributed by atoms with Crippen LogP contribution in [0.4, 0.5) is 0 Å². The first kappa shape index (κ1) is 10.7. The van der Waals surface area contributed by atoms with Gasteiger partial charge in [0.1, 0.15) is 0 Å². The van der Waals surface area contributed by atoms with E-state index in [1.165, 1.54) is 5.56 Å². The molecule has 1 saturated heterocycles. The van der Waals surface area contributed by atoms with Crippen LogP contribution in [0.25, 0.3) is 0 Å². The Balaban J connectivity index is 2.06. The zero-order valence-corrected chi connectivity index (χ0v) is 9.49. The monoisotopic (exact) mass is 205 g/mol. The van der Waals surface area contributed by atoms with Crippen molar-refractivity contribution in [1.82, 2.24) is 5.32 Å². The van der Waals surface area contributed by atoms with Crippen LogP contribution in [0.1, 0.15) is 25.5 Å². The van der Waals surface area contributed by atoms with Crippen molar-refractivity contribution in [2.45, 2.75) is 20.0 Å². The molecule has 2 nitrogen and oxygen atoms in total. The van der Waals surface area contributed by atoms with E-state index in [0.717, 1.165) is 19.7 Å². The van der Waals surface area contributed by atoms with Crippen molar-refractivity contribution in [3.05, 3.63) is 35.9 Å². The highest BCUT2D eigenvalue weighted by Gasteiger charge is 2.25. The summed E-state index contributed by atoms with van der Waals surface area (Å²) in [5.74, 6) is 0. The normalized spacial score (nSPS) is 25.9. The van der Waals surface area contributed by atoms with Crippen LogP contribution in [0.15, 0.2) is 30.3 Å². The van der Waals surface area contributed by atoms with Gasteiger partial charge in [-0.15, -0.1) is 0 Å². The molecule has 1 aromatic rings. The lowest BCUT2D eigenvalue weighted by molar-refractivity contribution is 0.0260. The molecule has 0 saturated carbocycles. The van der Waals surface area contributed by atoms with E-state index in [9.17, 15) is 0 Å². The lowest BCUT2D eigenvalue weighted by atomic mass is 9.95. The summed E-state index contributed by atoms with van der Waals surface area (Å²) in [6, 6.07) is 10.4. The van der Waals surface area contributed by atoms with Crippen LogP contribution in [0, 0.1) is 5.41 Å². The van der Waals surface area contributed by atoms with Gasteiger partial charge in [0.15, 0.2) is 0 Å². The highest BCUT2D eigenvalue weighted by atomic mass is 16.5. The molecule has 1 N–H and O–H groups in total. The Hall–Kier alpha value is -0.860. The summed E-state index contributed by atoms with van der Waals surface area (Å²) in [6.45, 7) is 7.21. The first-order valence-corrected chi connectivity index (χ1v) is 5.55. The molecule has 15 heavy (non-hydrogen) atoms.